The number of nitrogens with two attached hydrogens (primary N) is 1. The average Bonchev–Trinajstić information content (AvgIpc) is 2.09. The highest BCUT2D eigenvalue weighted by molar-refractivity contribution is 9.10. The molecule has 84 valence electrons. The Kier molecular flexibility index (Phi) is 4.39. The van der Waals surface area contributed by atoms with Crippen molar-refractivity contribution >= 4 is 43.2 Å². The third-order valence-corrected chi connectivity index (χ3v) is 3.23. The number of hydrogen-bond acceptors (Lipinski definition) is 3. The van der Waals surface area contributed by atoms with Gasteiger partial charge in [0.25, 0.3) is 0 Å². The first-order valence-electron chi connectivity index (χ1n) is 4.08. The Labute approximate surface area is 102 Å². The van der Waals surface area contributed by atoms with Gasteiger partial charge in [-0.25, -0.2) is 13.6 Å². The Bertz CT molecular complexity index is 450. The van der Waals surface area contributed by atoms with Gasteiger partial charge in [0.1, 0.15) is 0 Å². The van der Waals surface area contributed by atoms with E-state index in [0.717, 1.165) is 4.47 Å². The van der Waals surface area contributed by atoms with Gasteiger partial charge in [0, 0.05) is 11.0 Å². The van der Waals surface area contributed by atoms with Crippen LogP contribution in [-0.4, -0.2) is 20.7 Å². The molecule has 1 aromatic carbocycles. The molecule has 0 bridgehead atoms. The highest BCUT2D eigenvalue weighted by Gasteiger charge is 2.04. The highest BCUT2D eigenvalue weighted by Crippen LogP contribution is 2.25. The molecule has 0 heterocycles. The zero-order chi connectivity index (χ0) is 11.5. The van der Waals surface area contributed by atoms with Crippen molar-refractivity contribution in [3.8, 4) is 0 Å². The fraction of sp³-hybridized carbons (Fsp3) is 0.250. The minimum atomic E-state index is -3.43. The number of anilines is 1. The Morgan fingerprint density at radius 1 is 1.47 bits per heavy atom. The number of halogens is 2. The molecule has 0 saturated heterocycles. The second-order valence-electron chi connectivity index (χ2n) is 2.92. The van der Waals surface area contributed by atoms with Crippen molar-refractivity contribution < 1.29 is 8.42 Å². The van der Waals surface area contributed by atoms with Crippen molar-refractivity contribution in [2.45, 2.75) is 0 Å². The zero-order valence-corrected chi connectivity index (χ0v) is 10.9. The Hall–Kier alpha value is -0.300. The molecule has 0 spiro atoms. The fourth-order valence-electron chi connectivity index (χ4n) is 0.961. The van der Waals surface area contributed by atoms with Crippen molar-refractivity contribution in [3.05, 3.63) is 27.7 Å². The van der Waals surface area contributed by atoms with Gasteiger partial charge >= 0.3 is 0 Å². The van der Waals surface area contributed by atoms with Crippen LogP contribution in [0.25, 0.3) is 0 Å². The summed E-state index contributed by atoms with van der Waals surface area (Å²) in [6.07, 6.45) is 0. The molecule has 0 radical (unpaired) electrons. The number of sulfonamides is 1. The summed E-state index contributed by atoms with van der Waals surface area (Å²) < 4.78 is 22.2. The second kappa shape index (κ2) is 5.16. The Morgan fingerprint density at radius 3 is 2.73 bits per heavy atom. The lowest BCUT2D eigenvalue weighted by atomic mass is 10.3. The molecule has 1 rings (SSSR count). The van der Waals surface area contributed by atoms with Crippen LogP contribution in [0.3, 0.4) is 0 Å². The van der Waals surface area contributed by atoms with Gasteiger partial charge < -0.3 is 5.32 Å². The van der Waals surface area contributed by atoms with Gasteiger partial charge in [0.15, 0.2) is 0 Å². The molecule has 0 aromatic heterocycles. The maximum absolute atomic E-state index is 10.7. The number of benzene rings is 1. The van der Waals surface area contributed by atoms with Crippen LogP contribution in [0.5, 0.6) is 0 Å². The van der Waals surface area contributed by atoms with E-state index >= 15 is 0 Å². The smallest absolute Gasteiger partial charge is 0.210 e. The molecular weight excluding hydrogens is 304 g/mol. The lowest BCUT2D eigenvalue weighted by Gasteiger charge is -2.07. The van der Waals surface area contributed by atoms with E-state index in [-0.39, 0.29) is 12.3 Å². The van der Waals surface area contributed by atoms with Crippen LogP contribution in [0.2, 0.25) is 5.02 Å². The lowest BCUT2D eigenvalue weighted by Crippen LogP contribution is -2.22. The predicted molar refractivity (Wildman–Crippen MR) is 65.6 cm³/mol. The molecule has 15 heavy (non-hydrogen) atoms. The van der Waals surface area contributed by atoms with E-state index in [1.54, 1.807) is 18.2 Å². The van der Waals surface area contributed by atoms with E-state index in [2.05, 4.69) is 21.2 Å². The van der Waals surface area contributed by atoms with Crippen molar-refractivity contribution in [2.75, 3.05) is 17.6 Å². The molecule has 1 aromatic rings. The molecule has 0 amide bonds. The minimum absolute atomic E-state index is 0.129. The first-order valence-corrected chi connectivity index (χ1v) is 6.96. The number of primary sulfonamides is 1. The summed E-state index contributed by atoms with van der Waals surface area (Å²) in [4.78, 5) is 0. The molecule has 0 fully saturated rings. The molecule has 0 atom stereocenters. The van der Waals surface area contributed by atoms with Gasteiger partial charge in [-0.3, -0.25) is 0 Å². The van der Waals surface area contributed by atoms with Crippen LogP contribution in [0.4, 0.5) is 5.69 Å². The molecule has 0 saturated carbocycles. The molecule has 4 nitrogen and oxygen atoms in total. The van der Waals surface area contributed by atoms with Gasteiger partial charge in [-0.1, -0.05) is 27.5 Å². The van der Waals surface area contributed by atoms with E-state index in [1.165, 1.54) is 0 Å². The Balaban J connectivity index is 2.61. The van der Waals surface area contributed by atoms with Crippen molar-refractivity contribution in [1.29, 1.82) is 0 Å². The number of rotatable bonds is 4. The standard InChI is InChI=1S/C8H10BrClN2O2S/c9-6-1-2-7(10)8(5-6)12-3-4-15(11,13)14/h1-2,5,12H,3-4H2,(H2,11,13,14). The summed E-state index contributed by atoms with van der Waals surface area (Å²) in [5, 5.41) is 8.28. The lowest BCUT2D eigenvalue weighted by molar-refractivity contribution is 0.598. The number of hydrogen-bond donors (Lipinski definition) is 2. The minimum Gasteiger partial charge on any atom is -0.383 e. The quantitative estimate of drug-likeness (QED) is 0.890. The summed E-state index contributed by atoms with van der Waals surface area (Å²) in [6.45, 7) is 0.231. The van der Waals surface area contributed by atoms with Crippen molar-refractivity contribution in [3.63, 3.8) is 0 Å². The third-order valence-electron chi connectivity index (χ3n) is 1.63. The fourth-order valence-corrected chi connectivity index (χ4v) is 1.89. The van der Waals surface area contributed by atoms with Crippen LogP contribution in [0.15, 0.2) is 22.7 Å². The van der Waals surface area contributed by atoms with E-state index in [9.17, 15) is 8.42 Å². The molecular formula is C8H10BrClN2O2S. The second-order valence-corrected chi connectivity index (χ2v) is 5.97. The van der Waals surface area contributed by atoms with Crippen LogP contribution in [-0.2, 0) is 10.0 Å². The van der Waals surface area contributed by atoms with Gasteiger partial charge in [-0.2, -0.15) is 0 Å². The first-order chi connectivity index (χ1) is 6.88. The van der Waals surface area contributed by atoms with Gasteiger partial charge in [0.05, 0.1) is 16.5 Å². The predicted octanol–water partition coefficient (Wildman–Crippen LogP) is 1.80. The molecule has 3 N–H and O–H groups in total. The maximum atomic E-state index is 10.7. The third kappa shape index (κ3) is 4.83. The summed E-state index contributed by atoms with van der Waals surface area (Å²) >= 11 is 9.17. The summed E-state index contributed by atoms with van der Waals surface area (Å²) in [5.74, 6) is -0.129. The molecule has 0 aliphatic carbocycles. The molecule has 0 unspecified atom stereocenters. The maximum Gasteiger partial charge on any atom is 0.210 e. The van der Waals surface area contributed by atoms with Gasteiger partial charge in [-0.05, 0) is 18.2 Å². The van der Waals surface area contributed by atoms with Crippen LogP contribution >= 0.6 is 27.5 Å². The Morgan fingerprint density at radius 2 is 2.13 bits per heavy atom. The van der Waals surface area contributed by atoms with Crippen molar-refractivity contribution in [2.24, 2.45) is 5.14 Å². The van der Waals surface area contributed by atoms with Crippen molar-refractivity contribution in [1.82, 2.24) is 0 Å². The number of nitrogens with one attached hydrogen (secondary N) is 1. The van der Waals surface area contributed by atoms with Gasteiger partial charge in [-0.15, -0.1) is 0 Å². The SMILES string of the molecule is NS(=O)(=O)CCNc1cc(Br)ccc1Cl. The topological polar surface area (TPSA) is 72.2 Å². The van der Waals surface area contributed by atoms with E-state index < -0.39 is 10.0 Å². The van der Waals surface area contributed by atoms with Crippen LogP contribution in [0.1, 0.15) is 0 Å². The van der Waals surface area contributed by atoms with E-state index in [1.807, 2.05) is 0 Å². The van der Waals surface area contributed by atoms with Gasteiger partial charge in [0.2, 0.25) is 10.0 Å². The normalized spacial score (nSPS) is 11.4. The molecule has 7 heteroatoms. The van der Waals surface area contributed by atoms with Crippen LogP contribution in [0, 0.1) is 0 Å². The summed E-state index contributed by atoms with van der Waals surface area (Å²) in [7, 11) is -3.43. The van der Waals surface area contributed by atoms with E-state index in [4.69, 9.17) is 16.7 Å². The molecule has 0 aliphatic heterocycles. The first kappa shape index (κ1) is 12.8. The summed E-state index contributed by atoms with van der Waals surface area (Å²) in [5.41, 5.74) is 0.676. The largest absolute Gasteiger partial charge is 0.383 e. The highest BCUT2D eigenvalue weighted by atomic mass is 79.9. The summed E-state index contributed by atoms with van der Waals surface area (Å²) in [6, 6.07) is 5.28. The monoisotopic (exact) mass is 312 g/mol. The molecule has 0 aliphatic rings. The zero-order valence-electron chi connectivity index (χ0n) is 7.70. The van der Waals surface area contributed by atoms with Crippen LogP contribution < -0.4 is 10.5 Å². The van der Waals surface area contributed by atoms with E-state index in [0.29, 0.717) is 10.7 Å². The average molecular weight is 314 g/mol.